The molecule has 3 aliphatic rings. The molecule has 1 aliphatic carbocycles. The molecule has 1 atom stereocenters. The predicted molar refractivity (Wildman–Crippen MR) is 113 cm³/mol. The van der Waals surface area contributed by atoms with Gasteiger partial charge in [0, 0.05) is 24.8 Å². The van der Waals surface area contributed by atoms with E-state index in [1.54, 1.807) is 0 Å². The van der Waals surface area contributed by atoms with Gasteiger partial charge in [-0.1, -0.05) is 19.9 Å². The van der Waals surface area contributed by atoms with Crippen LogP contribution in [0, 0.1) is 5.41 Å². The van der Waals surface area contributed by atoms with Crippen LogP contribution in [-0.2, 0) is 17.6 Å². The fraction of sp³-hybridized carbons (Fsp3) is 0.522. The lowest BCUT2D eigenvalue weighted by molar-refractivity contribution is -0.121. The van der Waals surface area contributed by atoms with E-state index >= 15 is 0 Å². The first-order valence-corrected chi connectivity index (χ1v) is 10.8. The molecule has 1 amide bonds. The van der Waals surface area contributed by atoms with Crippen molar-refractivity contribution in [3.8, 4) is 11.5 Å². The van der Waals surface area contributed by atoms with Crippen LogP contribution in [0.25, 0.3) is 0 Å². The Morgan fingerprint density at radius 1 is 1.23 bits per heavy atom. The van der Waals surface area contributed by atoms with E-state index in [-0.39, 0.29) is 24.2 Å². The fourth-order valence-electron chi connectivity index (χ4n) is 4.72. The first-order chi connectivity index (χ1) is 14.5. The van der Waals surface area contributed by atoms with Crippen LogP contribution in [0.3, 0.4) is 0 Å². The molecule has 7 nitrogen and oxygen atoms in total. The summed E-state index contributed by atoms with van der Waals surface area (Å²) in [6.45, 7) is 6.77. The predicted octanol–water partition coefficient (Wildman–Crippen LogP) is 3.18. The highest BCUT2D eigenvalue weighted by Gasteiger charge is 2.35. The number of rotatable bonds is 4. The number of amides is 1. The van der Waals surface area contributed by atoms with Crippen molar-refractivity contribution in [2.45, 2.75) is 52.0 Å². The van der Waals surface area contributed by atoms with Gasteiger partial charge in [-0.15, -0.1) is 0 Å². The number of anilines is 1. The van der Waals surface area contributed by atoms with Crippen molar-refractivity contribution in [3.05, 3.63) is 41.2 Å². The maximum absolute atomic E-state index is 12.8. The molecule has 30 heavy (non-hydrogen) atoms. The Bertz CT molecular complexity index is 969. The molecular weight excluding hydrogens is 380 g/mol. The summed E-state index contributed by atoms with van der Waals surface area (Å²) in [5.74, 6) is 2.25. The van der Waals surface area contributed by atoms with Crippen molar-refractivity contribution < 1.29 is 14.3 Å². The van der Waals surface area contributed by atoms with E-state index in [0.717, 1.165) is 54.4 Å². The van der Waals surface area contributed by atoms with Gasteiger partial charge in [0.25, 0.3) is 0 Å². The van der Waals surface area contributed by atoms with Gasteiger partial charge >= 0.3 is 0 Å². The summed E-state index contributed by atoms with van der Waals surface area (Å²) in [5.41, 5.74) is 3.10. The lowest BCUT2D eigenvalue weighted by Gasteiger charge is -2.36. The minimum Gasteiger partial charge on any atom is -0.454 e. The fourth-order valence-corrected chi connectivity index (χ4v) is 4.72. The standard InChI is InChI=1S/C23H28N4O3/c1-23(2)11-17(16-13-24-22(26-18(16)12-23)27-7-3-4-8-27)25-21(28)10-15-5-6-19-20(9-15)30-14-29-19/h5-6,9,13,17H,3-4,7-8,10-12,14H2,1-2H3,(H,25,28)/t17-/m0/s1. The van der Waals surface area contributed by atoms with Gasteiger partial charge in [-0.3, -0.25) is 4.79 Å². The Kier molecular flexibility index (Phi) is 4.76. The number of carbonyl (C=O) groups excluding carboxylic acids is 1. The zero-order valence-corrected chi connectivity index (χ0v) is 17.6. The van der Waals surface area contributed by atoms with Crippen LogP contribution < -0.4 is 19.7 Å². The average Bonchev–Trinajstić information content (AvgIpc) is 3.38. The molecule has 0 radical (unpaired) electrons. The minimum atomic E-state index is -0.0714. The minimum absolute atomic E-state index is 0.00821. The molecule has 2 aromatic rings. The van der Waals surface area contributed by atoms with Crippen LogP contribution >= 0.6 is 0 Å². The van der Waals surface area contributed by atoms with Crippen molar-refractivity contribution in [2.24, 2.45) is 5.41 Å². The average molecular weight is 409 g/mol. The number of carbonyl (C=O) groups is 1. The van der Waals surface area contributed by atoms with Gasteiger partial charge in [0.2, 0.25) is 18.6 Å². The Hall–Kier alpha value is -2.83. The lowest BCUT2D eigenvalue weighted by atomic mass is 9.74. The molecule has 1 aromatic heterocycles. The summed E-state index contributed by atoms with van der Waals surface area (Å²) in [6, 6.07) is 5.58. The smallest absolute Gasteiger partial charge is 0.231 e. The quantitative estimate of drug-likeness (QED) is 0.837. The molecule has 1 saturated heterocycles. The molecule has 1 aromatic carbocycles. The largest absolute Gasteiger partial charge is 0.454 e. The van der Waals surface area contributed by atoms with Crippen molar-refractivity contribution >= 4 is 11.9 Å². The Balaban J connectivity index is 1.33. The summed E-state index contributed by atoms with van der Waals surface area (Å²) in [7, 11) is 0. The Morgan fingerprint density at radius 3 is 2.87 bits per heavy atom. The molecule has 2 aliphatic heterocycles. The second-order valence-corrected chi connectivity index (χ2v) is 9.30. The van der Waals surface area contributed by atoms with E-state index in [2.05, 4.69) is 29.0 Å². The molecule has 7 heteroatoms. The Morgan fingerprint density at radius 2 is 2.03 bits per heavy atom. The second kappa shape index (κ2) is 7.45. The first-order valence-electron chi connectivity index (χ1n) is 10.8. The molecule has 1 N–H and O–H groups in total. The molecule has 0 spiro atoms. The second-order valence-electron chi connectivity index (χ2n) is 9.30. The highest BCUT2D eigenvalue weighted by molar-refractivity contribution is 5.79. The number of hydrogen-bond acceptors (Lipinski definition) is 6. The van der Waals surface area contributed by atoms with Crippen LogP contribution in [0.15, 0.2) is 24.4 Å². The topological polar surface area (TPSA) is 76.6 Å². The van der Waals surface area contributed by atoms with E-state index in [4.69, 9.17) is 14.5 Å². The van der Waals surface area contributed by atoms with Gasteiger partial charge in [-0.05, 0) is 48.8 Å². The number of hydrogen-bond donors (Lipinski definition) is 1. The SMILES string of the molecule is CC1(C)Cc2nc(N3CCCC3)ncc2[C@@H](NC(=O)Cc2ccc3c(c2)OCO3)C1. The third kappa shape index (κ3) is 3.80. The van der Waals surface area contributed by atoms with E-state index in [1.807, 2.05) is 24.4 Å². The molecule has 0 saturated carbocycles. The van der Waals surface area contributed by atoms with Crippen LogP contribution in [0.2, 0.25) is 0 Å². The Labute approximate surface area is 176 Å². The number of nitrogens with zero attached hydrogens (tertiary/aromatic N) is 3. The van der Waals surface area contributed by atoms with Crippen molar-refractivity contribution in [1.29, 1.82) is 0 Å². The summed E-state index contributed by atoms with van der Waals surface area (Å²) >= 11 is 0. The summed E-state index contributed by atoms with van der Waals surface area (Å²) in [6.07, 6.45) is 6.40. The van der Waals surface area contributed by atoms with Crippen molar-refractivity contribution in [1.82, 2.24) is 15.3 Å². The highest BCUT2D eigenvalue weighted by Crippen LogP contribution is 2.40. The van der Waals surface area contributed by atoms with E-state index in [0.29, 0.717) is 12.2 Å². The summed E-state index contributed by atoms with van der Waals surface area (Å²) in [5, 5.41) is 3.23. The number of nitrogens with one attached hydrogen (secondary N) is 1. The zero-order chi connectivity index (χ0) is 20.7. The maximum atomic E-state index is 12.8. The molecule has 5 rings (SSSR count). The maximum Gasteiger partial charge on any atom is 0.231 e. The molecule has 1 fully saturated rings. The lowest BCUT2D eigenvalue weighted by Crippen LogP contribution is -2.38. The number of fused-ring (bicyclic) bond motifs is 2. The van der Waals surface area contributed by atoms with Gasteiger partial charge in [-0.25, -0.2) is 9.97 Å². The third-order valence-electron chi connectivity index (χ3n) is 6.19. The summed E-state index contributed by atoms with van der Waals surface area (Å²) in [4.78, 5) is 24.6. The van der Waals surface area contributed by atoms with Gasteiger partial charge < -0.3 is 19.7 Å². The summed E-state index contributed by atoms with van der Waals surface area (Å²) < 4.78 is 10.8. The molecule has 158 valence electrons. The number of benzene rings is 1. The third-order valence-corrected chi connectivity index (χ3v) is 6.19. The van der Waals surface area contributed by atoms with Crippen LogP contribution in [0.4, 0.5) is 5.95 Å². The zero-order valence-electron chi connectivity index (χ0n) is 17.6. The van der Waals surface area contributed by atoms with E-state index < -0.39 is 0 Å². The normalized spacial score (nSPS) is 21.4. The molecule has 0 unspecified atom stereocenters. The van der Waals surface area contributed by atoms with Crippen LogP contribution in [-0.4, -0.2) is 35.8 Å². The molecule has 0 bridgehead atoms. The number of ether oxygens (including phenoxy) is 2. The highest BCUT2D eigenvalue weighted by atomic mass is 16.7. The molecule has 3 heterocycles. The number of aromatic nitrogens is 2. The van der Waals surface area contributed by atoms with E-state index in [1.165, 1.54) is 12.8 Å². The van der Waals surface area contributed by atoms with Crippen LogP contribution in [0.5, 0.6) is 11.5 Å². The molecular formula is C23H28N4O3. The van der Waals surface area contributed by atoms with E-state index in [9.17, 15) is 4.79 Å². The van der Waals surface area contributed by atoms with Gasteiger partial charge in [0.1, 0.15) is 0 Å². The van der Waals surface area contributed by atoms with Crippen molar-refractivity contribution in [3.63, 3.8) is 0 Å². The monoisotopic (exact) mass is 408 g/mol. The first kappa shape index (κ1) is 19.2. The van der Waals surface area contributed by atoms with Crippen molar-refractivity contribution in [2.75, 3.05) is 24.8 Å². The van der Waals surface area contributed by atoms with Gasteiger partial charge in [0.05, 0.1) is 18.2 Å². The van der Waals surface area contributed by atoms with Gasteiger partial charge in [0.15, 0.2) is 11.5 Å². The van der Waals surface area contributed by atoms with Gasteiger partial charge in [-0.2, -0.15) is 0 Å². The van der Waals surface area contributed by atoms with Crippen LogP contribution in [0.1, 0.15) is 56.0 Å².